The van der Waals surface area contributed by atoms with Gasteiger partial charge in [0.2, 0.25) is 0 Å². The summed E-state index contributed by atoms with van der Waals surface area (Å²) in [4.78, 5) is 2.73. The SMILES string of the molecule is CC1CCCC(N2CCCC2)C1. The van der Waals surface area contributed by atoms with Crippen molar-refractivity contribution in [1.82, 2.24) is 4.90 Å². The van der Waals surface area contributed by atoms with E-state index in [0.29, 0.717) is 0 Å². The van der Waals surface area contributed by atoms with Gasteiger partial charge in [-0.2, -0.15) is 0 Å². The van der Waals surface area contributed by atoms with Crippen molar-refractivity contribution in [3.8, 4) is 0 Å². The Hall–Kier alpha value is -0.0400. The number of hydrogen-bond donors (Lipinski definition) is 0. The summed E-state index contributed by atoms with van der Waals surface area (Å²) in [5.41, 5.74) is 0. The van der Waals surface area contributed by atoms with Crippen LogP contribution in [0.1, 0.15) is 45.4 Å². The highest BCUT2D eigenvalue weighted by molar-refractivity contribution is 4.81. The molecule has 1 nitrogen and oxygen atoms in total. The second-order valence-corrected chi connectivity index (χ2v) is 4.67. The number of likely N-dealkylation sites (tertiary alicyclic amines) is 1. The standard InChI is InChI=1S/C11H21N/c1-10-5-4-6-11(9-10)12-7-2-3-8-12/h10-11H,2-9H2,1H3. The molecule has 0 aromatic carbocycles. The molecule has 0 N–H and O–H groups in total. The molecule has 0 spiro atoms. The molecule has 2 fully saturated rings. The third-order valence-electron chi connectivity index (χ3n) is 3.57. The van der Waals surface area contributed by atoms with Crippen molar-refractivity contribution in [3.63, 3.8) is 0 Å². The van der Waals surface area contributed by atoms with Gasteiger partial charge in [-0.25, -0.2) is 0 Å². The summed E-state index contributed by atoms with van der Waals surface area (Å²) < 4.78 is 0. The van der Waals surface area contributed by atoms with Crippen LogP contribution >= 0.6 is 0 Å². The minimum absolute atomic E-state index is 0.955. The van der Waals surface area contributed by atoms with Crippen LogP contribution in [0.3, 0.4) is 0 Å². The molecule has 1 heteroatoms. The second kappa shape index (κ2) is 3.78. The van der Waals surface area contributed by atoms with Crippen LogP contribution < -0.4 is 0 Å². The van der Waals surface area contributed by atoms with Crippen LogP contribution in [0, 0.1) is 5.92 Å². The molecule has 70 valence electrons. The van der Waals surface area contributed by atoms with Gasteiger partial charge in [0.25, 0.3) is 0 Å². The zero-order valence-electron chi connectivity index (χ0n) is 8.26. The first-order chi connectivity index (χ1) is 5.86. The monoisotopic (exact) mass is 167 g/mol. The Morgan fingerprint density at radius 2 is 1.75 bits per heavy atom. The Balaban J connectivity index is 1.85. The highest BCUT2D eigenvalue weighted by atomic mass is 15.2. The molecule has 1 aliphatic carbocycles. The van der Waals surface area contributed by atoms with E-state index in [1.807, 2.05) is 0 Å². The van der Waals surface area contributed by atoms with Gasteiger partial charge in [-0.05, 0) is 44.7 Å². The number of rotatable bonds is 1. The highest BCUT2D eigenvalue weighted by Crippen LogP contribution is 2.29. The molecule has 2 aliphatic rings. The molecular weight excluding hydrogens is 146 g/mol. The lowest BCUT2D eigenvalue weighted by Gasteiger charge is -2.33. The van der Waals surface area contributed by atoms with E-state index in [2.05, 4.69) is 11.8 Å². The molecule has 1 saturated carbocycles. The van der Waals surface area contributed by atoms with E-state index in [1.165, 1.54) is 51.6 Å². The molecule has 0 radical (unpaired) electrons. The van der Waals surface area contributed by atoms with E-state index in [9.17, 15) is 0 Å². The fourth-order valence-electron chi connectivity index (χ4n) is 2.84. The molecule has 12 heavy (non-hydrogen) atoms. The summed E-state index contributed by atoms with van der Waals surface area (Å²) in [6, 6.07) is 0.955. The quantitative estimate of drug-likeness (QED) is 0.580. The molecule has 2 rings (SSSR count). The van der Waals surface area contributed by atoms with Crippen LogP contribution in [0.15, 0.2) is 0 Å². The van der Waals surface area contributed by atoms with E-state index in [1.54, 1.807) is 0 Å². The first-order valence-corrected chi connectivity index (χ1v) is 5.60. The molecule has 2 atom stereocenters. The summed E-state index contributed by atoms with van der Waals surface area (Å²) in [5.74, 6) is 0.990. The van der Waals surface area contributed by atoms with Gasteiger partial charge in [0.1, 0.15) is 0 Å². The van der Waals surface area contributed by atoms with Gasteiger partial charge < -0.3 is 4.90 Å². The van der Waals surface area contributed by atoms with Crippen molar-refractivity contribution >= 4 is 0 Å². The minimum Gasteiger partial charge on any atom is -0.300 e. The van der Waals surface area contributed by atoms with Crippen LogP contribution in [-0.2, 0) is 0 Å². The number of nitrogens with zero attached hydrogens (tertiary/aromatic N) is 1. The summed E-state index contributed by atoms with van der Waals surface area (Å²) in [6.07, 6.45) is 8.80. The number of hydrogen-bond acceptors (Lipinski definition) is 1. The highest BCUT2D eigenvalue weighted by Gasteiger charge is 2.25. The van der Waals surface area contributed by atoms with Crippen molar-refractivity contribution in [2.24, 2.45) is 5.92 Å². The first kappa shape index (κ1) is 8.55. The molecule has 0 aromatic rings. The molecule has 1 aliphatic heterocycles. The average Bonchev–Trinajstić information content (AvgIpc) is 2.56. The van der Waals surface area contributed by atoms with Gasteiger partial charge in [-0.1, -0.05) is 19.8 Å². The Bertz CT molecular complexity index is 138. The Labute approximate surface area is 76.1 Å². The smallest absolute Gasteiger partial charge is 0.00977 e. The summed E-state index contributed by atoms with van der Waals surface area (Å²) in [6.45, 7) is 5.19. The van der Waals surface area contributed by atoms with Gasteiger partial charge in [-0.3, -0.25) is 0 Å². The van der Waals surface area contributed by atoms with Crippen molar-refractivity contribution in [2.75, 3.05) is 13.1 Å². The van der Waals surface area contributed by atoms with Crippen LogP contribution in [0.2, 0.25) is 0 Å². The fourth-order valence-corrected chi connectivity index (χ4v) is 2.84. The zero-order valence-corrected chi connectivity index (χ0v) is 8.26. The Morgan fingerprint density at radius 3 is 2.42 bits per heavy atom. The average molecular weight is 167 g/mol. The molecule has 1 saturated heterocycles. The third-order valence-corrected chi connectivity index (χ3v) is 3.57. The fraction of sp³-hybridized carbons (Fsp3) is 1.00. The predicted molar refractivity (Wildman–Crippen MR) is 52.2 cm³/mol. The molecule has 0 bridgehead atoms. The largest absolute Gasteiger partial charge is 0.300 e. The Morgan fingerprint density at radius 1 is 1.00 bits per heavy atom. The van der Waals surface area contributed by atoms with Gasteiger partial charge in [0.15, 0.2) is 0 Å². The van der Waals surface area contributed by atoms with E-state index in [4.69, 9.17) is 0 Å². The van der Waals surface area contributed by atoms with Crippen molar-refractivity contribution < 1.29 is 0 Å². The van der Waals surface area contributed by atoms with E-state index in [-0.39, 0.29) is 0 Å². The summed E-state index contributed by atoms with van der Waals surface area (Å²) >= 11 is 0. The van der Waals surface area contributed by atoms with Crippen molar-refractivity contribution in [3.05, 3.63) is 0 Å². The third kappa shape index (κ3) is 1.82. The van der Waals surface area contributed by atoms with E-state index >= 15 is 0 Å². The molecular formula is C11H21N. The first-order valence-electron chi connectivity index (χ1n) is 5.60. The van der Waals surface area contributed by atoms with Gasteiger partial charge in [-0.15, -0.1) is 0 Å². The van der Waals surface area contributed by atoms with E-state index in [0.717, 1.165) is 12.0 Å². The van der Waals surface area contributed by atoms with Gasteiger partial charge >= 0.3 is 0 Å². The van der Waals surface area contributed by atoms with Crippen LogP contribution in [0.25, 0.3) is 0 Å². The maximum absolute atomic E-state index is 2.73. The lowest BCUT2D eigenvalue weighted by Crippen LogP contribution is -2.36. The van der Waals surface area contributed by atoms with Gasteiger partial charge in [0, 0.05) is 6.04 Å². The maximum atomic E-state index is 2.73. The summed E-state index contributed by atoms with van der Waals surface area (Å²) in [5, 5.41) is 0. The molecule has 2 unspecified atom stereocenters. The lowest BCUT2D eigenvalue weighted by atomic mass is 9.86. The molecule has 1 heterocycles. The van der Waals surface area contributed by atoms with E-state index < -0.39 is 0 Å². The summed E-state index contributed by atoms with van der Waals surface area (Å²) in [7, 11) is 0. The predicted octanol–water partition coefficient (Wildman–Crippen LogP) is 2.66. The maximum Gasteiger partial charge on any atom is 0.00977 e. The van der Waals surface area contributed by atoms with Crippen LogP contribution in [0.4, 0.5) is 0 Å². The van der Waals surface area contributed by atoms with Crippen LogP contribution in [-0.4, -0.2) is 24.0 Å². The normalized spacial score (nSPS) is 38.8. The second-order valence-electron chi connectivity index (χ2n) is 4.67. The minimum atomic E-state index is 0.955. The van der Waals surface area contributed by atoms with Gasteiger partial charge in [0.05, 0.1) is 0 Å². The lowest BCUT2D eigenvalue weighted by molar-refractivity contribution is 0.163. The van der Waals surface area contributed by atoms with Crippen LogP contribution in [0.5, 0.6) is 0 Å². The molecule has 0 amide bonds. The Kier molecular flexibility index (Phi) is 2.69. The topological polar surface area (TPSA) is 3.24 Å². The zero-order chi connectivity index (χ0) is 8.39. The van der Waals surface area contributed by atoms with Crippen molar-refractivity contribution in [1.29, 1.82) is 0 Å². The van der Waals surface area contributed by atoms with Crippen molar-refractivity contribution in [2.45, 2.75) is 51.5 Å². The molecule has 0 aromatic heterocycles.